The summed E-state index contributed by atoms with van der Waals surface area (Å²) in [6, 6.07) is 10.0. The van der Waals surface area contributed by atoms with E-state index in [0.29, 0.717) is 0 Å². The molecule has 2 aromatic rings. The van der Waals surface area contributed by atoms with Crippen LogP contribution in [0.3, 0.4) is 0 Å². The second-order valence-corrected chi connectivity index (χ2v) is 7.16. The van der Waals surface area contributed by atoms with Crippen LogP contribution in [-0.4, -0.2) is 19.1 Å². The van der Waals surface area contributed by atoms with Gasteiger partial charge in [0.05, 0.1) is 13.2 Å². The van der Waals surface area contributed by atoms with Crippen molar-refractivity contribution in [2.75, 3.05) is 7.11 Å². The molecule has 1 amide bonds. The molecular weight excluding hydrogens is 338 g/mol. The number of rotatable bonds is 7. The van der Waals surface area contributed by atoms with E-state index in [9.17, 15) is 4.79 Å². The van der Waals surface area contributed by atoms with Crippen LogP contribution in [-0.2, 0) is 4.79 Å². The Morgan fingerprint density at radius 3 is 2.33 bits per heavy atom. The number of benzene rings is 2. The van der Waals surface area contributed by atoms with Crippen molar-refractivity contribution >= 4 is 5.91 Å². The molecule has 0 aliphatic heterocycles. The summed E-state index contributed by atoms with van der Waals surface area (Å²) in [6.07, 6.45) is 0.227. The number of hydrogen-bond donors (Lipinski definition) is 1. The van der Waals surface area contributed by atoms with Gasteiger partial charge < -0.3 is 14.8 Å². The van der Waals surface area contributed by atoms with Crippen molar-refractivity contribution in [3.05, 3.63) is 58.1 Å². The number of nitrogens with one attached hydrogen (secondary N) is 1. The lowest BCUT2D eigenvalue weighted by atomic mass is 10.0. The maximum Gasteiger partial charge on any atom is 0.261 e. The molecule has 0 spiro atoms. The fourth-order valence-corrected chi connectivity index (χ4v) is 3.20. The van der Waals surface area contributed by atoms with Crippen LogP contribution in [0.2, 0.25) is 0 Å². The lowest BCUT2D eigenvalue weighted by Gasteiger charge is -2.22. The van der Waals surface area contributed by atoms with Gasteiger partial charge in [0.1, 0.15) is 11.5 Å². The Hall–Kier alpha value is -2.49. The summed E-state index contributed by atoms with van der Waals surface area (Å²) in [4.78, 5) is 12.7. The van der Waals surface area contributed by atoms with E-state index in [0.717, 1.165) is 45.7 Å². The van der Waals surface area contributed by atoms with Crippen molar-refractivity contribution in [3.63, 3.8) is 0 Å². The minimum atomic E-state index is -0.571. The summed E-state index contributed by atoms with van der Waals surface area (Å²) in [5.74, 6) is 1.50. The molecule has 0 saturated carbocycles. The van der Waals surface area contributed by atoms with Gasteiger partial charge in [0, 0.05) is 0 Å². The van der Waals surface area contributed by atoms with Gasteiger partial charge in [-0.25, -0.2) is 0 Å². The molecule has 0 bridgehead atoms. The van der Waals surface area contributed by atoms with Crippen LogP contribution in [0.5, 0.6) is 11.5 Å². The molecule has 146 valence electrons. The summed E-state index contributed by atoms with van der Waals surface area (Å²) >= 11 is 0. The van der Waals surface area contributed by atoms with Gasteiger partial charge >= 0.3 is 0 Å². The largest absolute Gasteiger partial charge is 0.496 e. The van der Waals surface area contributed by atoms with Gasteiger partial charge in [-0.2, -0.15) is 0 Å². The fraction of sp³-hybridized carbons (Fsp3) is 0.435. The summed E-state index contributed by atoms with van der Waals surface area (Å²) < 4.78 is 11.3. The number of ether oxygens (including phenoxy) is 2. The number of aryl methyl sites for hydroxylation is 3. The van der Waals surface area contributed by atoms with E-state index in [1.54, 1.807) is 14.0 Å². The van der Waals surface area contributed by atoms with Crippen LogP contribution in [0.4, 0.5) is 0 Å². The summed E-state index contributed by atoms with van der Waals surface area (Å²) in [7, 11) is 1.66. The smallest absolute Gasteiger partial charge is 0.261 e. The highest BCUT2D eigenvalue weighted by Crippen LogP contribution is 2.26. The second-order valence-electron chi connectivity index (χ2n) is 7.16. The first-order valence-corrected chi connectivity index (χ1v) is 9.46. The Labute approximate surface area is 162 Å². The van der Waals surface area contributed by atoms with Gasteiger partial charge in [-0.15, -0.1) is 0 Å². The molecule has 2 atom stereocenters. The van der Waals surface area contributed by atoms with E-state index in [-0.39, 0.29) is 11.9 Å². The maximum atomic E-state index is 12.7. The first-order chi connectivity index (χ1) is 12.8. The third kappa shape index (κ3) is 5.03. The lowest BCUT2D eigenvalue weighted by Crippen LogP contribution is -2.38. The topological polar surface area (TPSA) is 47.6 Å². The van der Waals surface area contributed by atoms with E-state index < -0.39 is 6.10 Å². The molecule has 0 saturated heterocycles. The Bertz CT molecular complexity index is 814. The minimum Gasteiger partial charge on any atom is -0.496 e. The molecule has 2 aromatic carbocycles. The van der Waals surface area contributed by atoms with E-state index in [1.165, 1.54) is 0 Å². The van der Waals surface area contributed by atoms with Crippen molar-refractivity contribution in [3.8, 4) is 11.5 Å². The lowest BCUT2D eigenvalue weighted by molar-refractivity contribution is -0.128. The number of hydrogen-bond acceptors (Lipinski definition) is 3. The number of amides is 1. The third-order valence-corrected chi connectivity index (χ3v) is 4.98. The van der Waals surface area contributed by atoms with Crippen LogP contribution < -0.4 is 14.8 Å². The molecule has 0 heterocycles. The molecule has 0 fully saturated rings. The molecular formula is C23H31NO3. The molecule has 0 unspecified atom stereocenters. The fourth-order valence-electron chi connectivity index (χ4n) is 3.20. The van der Waals surface area contributed by atoms with Crippen molar-refractivity contribution in [2.45, 2.75) is 60.1 Å². The standard InChI is InChI=1S/C23H31NO3/c1-8-20(19-9-10-21(26-7)16(4)13-19)24-23(25)18(6)27-22-12-14(2)11-15(3)17(22)5/h9-13,18,20H,8H2,1-7H3,(H,24,25)/t18-,20-/m0/s1. The minimum absolute atomic E-state index is 0.0616. The Morgan fingerprint density at radius 2 is 1.74 bits per heavy atom. The maximum absolute atomic E-state index is 12.7. The first kappa shape index (κ1) is 20.8. The Balaban J connectivity index is 2.11. The predicted molar refractivity (Wildman–Crippen MR) is 110 cm³/mol. The zero-order chi connectivity index (χ0) is 20.1. The normalized spacial score (nSPS) is 13.0. The monoisotopic (exact) mass is 369 g/mol. The number of carbonyl (C=O) groups excluding carboxylic acids is 1. The van der Waals surface area contributed by atoms with Crippen molar-refractivity contribution in [2.24, 2.45) is 0 Å². The highest BCUT2D eigenvalue weighted by atomic mass is 16.5. The van der Waals surface area contributed by atoms with Crippen molar-refractivity contribution < 1.29 is 14.3 Å². The SMILES string of the molecule is CC[C@H](NC(=O)[C@H](C)Oc1cc(C)cc(C)c1C)c1ccc(OC)c(C)c1. The van der Waals surface area contributed by atoms with E-state index in [2.05, 4.69) is 31.3 Å². The van der Waals surface area contributed by atoms with Gasteiger partial charge in [0.2, 0.25) is 0 Å². The average molecular weight is 370 g/mol. The van der Waals surface area contributed by atoms with Crippen molar-refractivity contribution in [1.82, 2.24) is 5.32 Å². The molecule has 4 heteroatoms. The van der Waals surface area contributed by atoms with Gasteiger partial charge in [0.25, 0.3) is 5.91 Å². The highest BCUT2D eigenvalue weighted by Gasteiger charge is 2.21. The Morgan fingerprint density at radius 1 is 1.04 bits per heavy atom. The molecule has 27 heavy (non-hydrogen) atoms. The molecule has 0 radical (unpaired) electrons. The average Bonchev–Trinajstić information content (AvgIpc) is 2.63. The quantitative estimate of drug-likeness (QED) is 0.750. The van der Waals surface area contributed by atoms with Crippen molar-refractivity contribution in [1.29, 1.82) is 0 Å². The summed E-state index contributed by atoms with van der Waals surface area (Å²) in [5, 5.41) is 3.11. The van der Waals surface area contributed by atoms with Crippen LogP contribution in [0.15, 0.2) is 30.3 Å². The molecule has 0 aromatic heterocycles. The van der Waals surface area contributed by atoms with Gasteiger partial charge in [-0.05, 0) is 81.0 Å². The Kier molecular flexibility index (Phi) is 6.89. The molecule has 2 rings (SSSR count). The van der Waals surface area contributed by atoms with Gasteiger partial charge in [-0.1, -0.05) is 25.1 Å². The number of carbonyl (C=O) groups is 1. The molecule has 0 aliphatic carbocycles. The van der Waals surface area contributed by atoms with E-state index >= 15 is 0 Å². The van der Waals surface area contributed by atoms with Crippen LogP contribution in [0.1, 0.15) is 54.1 Å². The molecule has 0 aliphatic rings. The summed E-state index contributed by atoms with van der Waals surface area (Å²) in [5.41, 5.74) is 5.48. The van der Waals surface area contributed by atoms with Crippen LogP contribution >= 0.6 is 0 Å². The predicted octanol–water partition coefficient (Wildman–Crippen LogP) is 4.96. The third-order valence-electron chi connectivity index (χ3n) is 4.98. The second kappa shape index (κ2) is 8.94. The zero-order valence-electron chi connectivity index (χ0n) is 17.5. The van der Waals surface area contributed by atoms with Gasteiger partial charge in [0.15, 0.2) is 6.10 Å². The number of methoxy groups -OCH3 is 1. The van der Waals surface area contributed by atoms with E-state index in [1.807, 2.05) is 39.0 Å². The summed E-state index contributed by atoms with van der Waals surface area (Å²) in [6.45, 7) is 12.0. The molecule has 4 nitrogen and oxygen atoms in total. The first-order valence-electron chi connectivity index (χ1n) is 9.46. The highest BCUT2D eigenvalue weighted by molar-refractivity contribution is 5.81. The van der Waals surface area contributed by atoms with Crippen LogP contribution in [0, 0.1) is 27.7 Å². The zero-order valence-corrected chi connectivity index (χ0v) is 17.5. The van der Waals surface area contributed by atoms with Crippen LogP contribution in [0.25, 0.3) is 0 Å². The van der Waals surface area contributed by atoms with E-state index in [4.69, 9.17) is 9.47 Å². The van der Waals surface area contributed by atoms with Gasteiger partial charge in [-0.3, -0.25) is 4.79 Å². The molecule has 1 N–H and O–H groups in total.